The fourth-order valence-electron chi connectivity index (χ4n) is 2.54. The number of hydrogen-bond donors (Lipinski definition) is 1. The molecule has 1 aliphatic rings. The van der Waals surface area contributed by atoms with Crippen LogP contribution in [0.15, 0.2) is 18.2 Å². The molecule has 0 heterocycles. The van der Waals surface area contributed by atoms with Gasteiger partial charge in [-0.15, -0.1) is 0 Å². The molecule has 0 bridgehead atoms. The minimum absolute atomic E-state index is 0.0541. The predicted octanol–water partition coefficient (Wildman–Crippen LogP) is 3.61. The quantitative estimate of drug-likeness (QED) is 0.510. The second kappa shape index (κ2) is 9.65. The summed E-state index contributed by atoms with van der Waals surface area (Å²) in [5.41, 5.74) is 0.650. The molecule has 1 atom stereocenters. The van der Waals surface area contributed by atoms with E-state index in [1.54, 1.807) is 18.2 Å². The molecule has 148 valence electrons. The van der Waals surface area contributed by atoms with Crippen molar-refractivity contribution in [3.63, 3.8) is 0 Å². The number of esters is 1. The Morgan fingerprint density at radius 1 is 1.30 bits per heavy atom. The monoisotopic (exact) mass is 395 g/mol. The first-order valence-electron chi connectivity index (χ1n) is 8.98. The molecule has 0 spiro atoms. The van der Waals surface area contributed by atoms with Gasteiger partial charge in [0.1, 0.15) is 0 Å². The zero-order chi connectivity index (χ0) is 20.0. The van der Waals surface area contributed by atoms with E-state index in [1.165, 1.54) is 13.2 Å². The van der Waals surface area contributed by atoms with E-state index in [9.17, 15) is 9.59 Å². The third-order valence-electron chi connectivity index (χ3n) is 4.08. The Morgan fingerprint density at radius 2 is 2.00 bits per heavy atom. The van der Waals surface area contributed by atoms with Crippen LogP contribution >= 0.6 is 11.6 Å². The Hall–Kier alpha value is -2.21. The van der Waals surface area contributed by atoms with Gasteiger partial charge in [-0.25, -0.2) is 4.79 Å². The van der Waals surface area contributed by atoms with Crippen molar-refractivity contribution in [3.8, 4) is 11.5 Å². The van der Waals surface area contributed by atoms with Crippen LogP contribution in [-0.4, -0.2) is 37.7 Å². The second-order valence-corrected chi connectivity index (χ2v) is 7.24. The number of rotatable bonds is 9. The maximum absolute atomic E-state index is 11.8. The van der Waals surface area contributed by atoms with Gasteiger partial charge in [0.2, 0.25) is 0 Å². The molecule has 0 aliphatic heterocycles. The average molecular weight is 396 g/mol. The van der Waals surface area contributed by atoms with Crippen LogP contribution in [0.1, 0.15) is 39.2 Å². The fraction of sp³-hybridized carbons (Fsp3) is 0.500. The Bertz CT molecular complexity index is 713. The minimum Gasteiger partial charge on any atom is -0.493 e. The van der Waals surface area contributed by atoms with Gasteiger partial charge in [0.25, 0.3) is 5.91 Å². The van der Waals surface area contributed by atoms with Crippen molar-refractivity contribution in [2.45, 2.75) is 45.8 Å². The molecule has 2 rings (SSSR count). The highest BCUT2D eigenvalue weighted by Gasteiger charge is 2.28. The Kier molecular flexibility index (Phi) is 7.54. The molecular formula is C20H26ClNO5. The van der Waals surface area contributed by atoms with Gasteiger partial charge in [-0.05, 0) is 63.3 Å². The Labute approximate surface area is 164 Å². The molecule has 0 radical (unpaired) electrons. The summed E-state index contributed by atoms with van der Waals surface area (Å²) in [6.45, 7) is 5.44. The summed E-state index contributed by atoms with van der Waals surface area (Å²) in [5, 5.41) is 3.21. The first kappa shape index (κ1) is 21.1. The molecule has 0 unspecified atom stereocenters. The molecule has 1 aromatic rings. The summed E-state index contributed by atoms with van der Waals surface area (Å²) in [6.07, 6.45) is 5.00. The van der Waals surface area contributed by atoms with Crippen molar-refractivity contribution in [2.75, 3.05) is 13.7 Å². The molecule has 6 nitrogen and oxygen atoms in total. The molecular weight excluding hydrogens is 370 g/mol. The van der Waals surface area contributed by atoms with Crippen LogP contribution in [-0.2, 0) is 14.3 Å². The van der Waals surface area contributed by atoms with E-state index < -0.39 is 5.97 Å². The van der Waals surface area contributed by atoms with Crippen LogP contribution in [0.3, 0.4) is 0 Å². The summed E-state index contributed by atoms with van der Waals surface area (Å²) >= 11 is 6.25. The smallest absolute Gasteiger partial charge is 0.331 e. The number of carbonyl (C=O) groups is 2. The molecule has 7 heteroatoms. The standard InChI is InChI=1S/C20H26ClNO5/c1-12(2)27-20-16(21)9-14(10-17(20)25-4)5-8-19(24)26-11-18(23)22-13(3)15-6-7-15/h5,8-10,12-13,15H,6-7,11H2,1-4H3,(H,22,23)/b8-5+/t13-/m1/s1. The highest BCUT2D eigenvalue weighted by atomic mass is 35.5. The largest absolute Gasteiger partial charge is 0.493 e. The summed E-state index contributed by atoms with van der Waals surface area (Å²) in [4.78, 5) is 23.6. The van der Waals surface area contributed by atoms with Gasteiger partial charge in [0.15, 0.2) is 18.1 Å². The van der Waals surface area contributed by atoms with E-state index in [2.05, 4.69) is 5.32 Å². The average Bonchev–Trinajstić information content (AvgIpc) is 3.44. The first-order valence-corrected chi connectivity index (χ1v) is 9.36. The maximum Gasteiger partial charge on any atom is 0.331 e. The Morgan fingerprint density at radius 3 is 2.59 bits per heavy atom. The highest BCUT2D eigenvalue weighted by molar-refractivity contribution is 6.32. The summed E-state index contributed by atoms with van der Waals surface area (Å²) < 4.78 is 15.9. The SMILES string of the molecule is COc1cc(/C=C/C(=O)OCC(=O)N[C@H](C)C2CC2)cc(Cl)c1OC(C)C. The van der Waals surface area contributed by atoms with Gasteiger partial charge in [0.05, 0.1) is 18.2 Å². The third kappa shape index (κ3) is 6.79. The van der Waals surface area contributed by atoms with E-state index >= 15 is 0 Å². The molecule has 0 aromatic heterocycles. The van der Waals surface area contributed by atoms with Crippen molar-refractivity contribution in [1.29, 1.82) is 0 Å². The number of nitrogens with one attached hydrogen (secondary N) is 1. The number of ether oxygens (including phenoxy) is 3. The van der Waals surface area contributed by atoms with E-state index in [0.717, 1.165) is 12.8 Å². The first-order chi connectivity index (χ1) is 12.8. The number of benzene rings is 1. The predicted molar refractivity (Wildman–Crippen MR) is 104 cm³/mol. The number of methoxy groups -OCH3 is 1. The lowest BCUT2D eigenvalue weighted by molar-refractivity contribution is -0.144. The van der Waals surface area contributed by atoms with Gasteiger partial charge in [-0.3, -0.25) is 4.79 Å². The molecule has 1 saturated carbocycles. The lowest BCUT2D eigenvalue weighted by atomic mass is 10.2. The van der Waals surface area contributed by atoms with Crippen LogP contribution < -0.4 is 14.8 Å². The van der Waals surface area contributed by atoms with E-state index in [0.29, 0.717) is 28.0 Å². The van der Waals surface area contributed by atoms with E-state index in [-0.39, 0.29) is 24.7 Å². The lowest BCUT2D eigenvalue weighted by Gasteiger charge is -2.15. The van der Waals surface area contributed by atoms with Crippen LogP contribution in [0.5, 0.6) is 11.5 Å². The molecule has 1 amide bonds. The number of carbonyl (C=O) groups excluding carboxylic acids is 2. The Balaban J connectivity index is 1.91. The number of hydrogen-bond acceptors (Lipinski definition) is 5. The van der Waals surface area contributed by atoms with Crippen LogP contribution in [0.25, 0.3) is 6.08 Å². The molecule has 1 aromatic carbocycles. The van der Waals surface area contributed by atoms with Crippen molar-refractivity contribution < 1.29 is 23.8 Å². The van der Waals surface area contributed by atoms with Crippen LogP contribution in [0.2, 0.25) is 5.02 Å². The van der Waals surface area contributed by atoms with Gasteiger partial charge in [0, 0.05) is 12.1 Å². The van der Waals surface area contributed by atoms with Crippen LogP contribution in [0.4, 0.5) is 0 Å². The highest BCUT2D eigenvalue weighted by Crippen LogP contribution is 2.37. The van der Waals surface area contributed by atoms with Gasteiger partial charge in [-0.1, -0.05) is 11.6 Å². The number of amides is 1. The molecule has 1 aliphatic carbocycles. The minimum atomic E-state index is -0.609. The molecule has 27 heavy (non-hydrogen) atoms. The summed E-state index contributed by atoms with van der Waals surface area (Å²) in [6, 6.07) is 3.49. The third-order valence-corrected chi connectivity index (χ3v) is 4.36. The lowest BCUT2D eigenvalue weighted by Crippen LogP contribution is -2.36. The molecule has 1 fully saturated rings. The van der Waals surface area contributed by atoms with Gasteiger partial charge < -0.3 is 19.5 Å². The van der Waals surface area contributed by atoms with E-state index in [1.807, 2.05) is 20.8 Å². The van der Waals surface area contributed by atoms with Gasteiger partial charge >= 0.3 is 5.97 Å². The maximum atomic E-state index is 11.8. The van der Waals surface area contributed by atoms with Crippen LogP contribution in [0, 0.1) is 5.92 Å². The van der Waals surface area contributed by atoms with E-state index in [4.69, 9.17) is 25.8 Å². The fourth-order valence-corrected chi connectivity index (χ4v) is 2.81. The number of halogens is 1. The second-order valence-electron chi connectivity index (χ2n) is 6.84. The summed E-state index contributed by atoms with van der Waals surface area (Å²) in [7, 11) is 1.52. The summed E-state index contributed by atoms with van der Waals surface area (Å²) in [5.74, 6) is 0.567. The van der Waals surface area contributed by atoms with Crippen molar-refractivity contribution in [3.05, 3.63) is 28.8 Å². The zero-order valence-corrected chi connectivity index (χ0v) is 16.8. The van der Waals surface area contributed by atoms with Crippen molar-refractivity contribution >= 4 is 29.6 Å². The van der Waals surface area contributed by atoms with Crippen molar-refractivity contribution in [1.82, 2.24) is 5.32 Å². The van der Waals surface area contributed by atoms with Crippen molar-refractivity contribution in [2.24, 2.45) is 5.92 Å². The zero-order valence-electron chi connectivity index (χ0n) is 16.1. The molecule has 1 N–H and O–H groups in total. The topological polar surface area (TPSA) is 73.9 Å². The normalized spacial score (nSPS) is 14.9. The molecule has 0 saturated heterocycles. The van der Waals surface area contributed by atoms with Gasteiger partial charge in [-0.2, -0.15) is 0 Å².